The van der Waals surface area contributed by atoms with Gasteiger partial charge in [0.05, 0.1) is 0 Å². The van der Waals surface area contributed by atoms with E-state index >= 15 is 0 Å². The van der Waals surface area contributed by atoms with Gasteiger partial charge >= 0.3 is 23.9 Å². The zero-order chi connectivity index (χ0) is 14.1. The van der Waals surface area contributed by atoms with E-state index in [1.54, 1.807) is 6.92 Å². The predicted octanol–water partition coefficient (Wildman–Crippen LogP) is 0.0535. The lowest BCUT2D eigenvalue weighted by atomic mass is 10.2. The molecule has 0 aromatic rings. The molecule has 0 radical (unpaired) electrons. The third-order valence-electron chi connectivity index (χ3n) is 1.98. The van der Waals surface area contributed by atoms with Crippen LogP contribution in [0.4, 0.5) is 0 Å². The van der Waals surface area contributed by atoms with Crippen molar-refractivity contribution in [3.05, 3.63) is 0 Å². The van der Waals surface area contributed by atoms with E-state index in [1.165, 1.54) is 6.92 Å². The highest BCUT2D eigenvalue weighted by Crippen LogP contribution is 2.01. The third-order valence-corrected chi connectivity index (χ3v) is 1.98. The van der Waals surface area contributed by atoms with Crippen molar-refractivity contribution < 1.29 is 28.7 Å². The molecule has 7 heteroatoms. The first-order valence-corrected chi connectivity index (χ1v) is 5.64. The van der Waals surface area contributed by atoms with Gasteiger partial charge in [-0.05, 0) is 6.42 Å². The van der Waals surface area contributed by atoms with Crippen LogP contribution in [0, 0.1) is 0 Å². The summed E-state index contributed by atoms with van der Waals surface area (Å²) >= 11 is 0. The Labute approximate surface area is 105 Å². The first kappa shape index (κ1) is 16.2. The summed E-state index contributed by atoms with van der Waals surface area (Å²) in [4.78, 5) is 43.9. The molecule has 102 valence electrons. The van der Waals surface area contributed by atoms with Crippen molar-refractivity contribution in [3.8, 4) is 0 Å². The minimum absolute atomic E-state index is 0.0499. The largest absolute Gasteiger partial charge is 0.393 e. The SMILES string of the molecule is CCC(=O)OC(=O)CC[C@H](N)C(=O)OC(=O)CC. The molecule has 0 aliphatic heterocycles. The Morgan fingerprint density at radius 3 is 1.94 bits per heavy atom. The number of hydrogen-bond acceptors (Lipinski definition) is 7. The highest BCUT2D eigenvalue weighted by atomic mass is 16.6. The molecule has 0 fully saturated rings. The fourth-order valence-electron chi connectivity index (χ4n) is 0.901. The number of hydrogen-bond donors (Lipinski definition) is 1. The Kier molecular flexibility index (Phi) is 7.53. The van der Waals surface area contributed by atoms with Gasteiger partial charge < -0.3 is 15.2 Å². The van der Waals surface area contributed by atoms with Gasteiger partial charge in [0.25, 0.3) is 0 Å². The van der Waals surface area contributed by atoms with Gasteiger partial charge in [-0.2, -0.15) is 0 Å². The van der Waals surface area contributed by atoms with Crippen LogP contribution in [0.2, 0.25) is 0 Å². The summed E-state index contributed by atoms with van der Waals surface area (Å²) in [5.74, 6) is -2.97. The molecule has 0 saturated heterocycles. The Bertz CT molecular complexity index is 338. The summed E-state index contributed by atoms with van der Waals surface area (Å²) in [5, 5.41) is 0. The zero-order valence-electron chi connectivity index (χ0n) is 10.4. The van der Waals surface area contributed by atoms with E-state index in [4.69, 9.17) is 5.73 Å². The number of carbonyl (C=O) groups is 4. The highest BCUT2D eigenvalue weighted by molar-refractivity contribution is 5.89. The molecule has 2 N–H and O–H groups in total. The Morgan fingerprint density at radius 2 is 1.44 bits per heavy atom. The van der Waals surface area contributed by atoms with Crippen molar-refractivity contribution in [2.24, 2.45) is 5.73 Å². The summed E-state index contributed by atoms with van der Waals surface area (Å²) < 4.78 is 8.75. The van der Waals surface area contributed by atoms with Gasteiger partial charge in [-0.25, -0.2) is 4.79 Å². The van der Waals surface area contributed by atoms with Crippen LogP contribution in [0.3, 0.4) is 0 Å². The van der Waals surface area contributed by atoms with Gasteiger partial charge in [-0.1, -0.05) is 13.8 Å². The minimum atomic E-state index is -1.09. The van der Waals surface area contributed by atoms with E-state index in [2.05, 4.69) is 9.47 Å². The number of rotatable bonds is 6. The van der Waals surface area contributed by atoms with Crippen LogP contribution in [0.5, 0.6) is 0 Å². The molecule has 0 aliphatic rings. The average Bonchev–Trinajstić information content (AvgIpc) is 2.35. The number of carbonyl (C=O) groups excluding carboxylic acids is 4. The molecule has 0 saturated carbocycles. The van der Waals surface area contributed by atoms with Gasteiger partial charge in [0, 0.05) is 19.3 Å². The normalized spacial score (nSPS) is 11.5. The smallest absolute Gasteiger partial charge is 0.330 e. The molecule has 0 unspecified atom stereocenters. The van der Waals surface area contributed by atoms with Crippen molar-refractivity contribution in [2.45, 2.75) is 45.6 Å². The average molecular weight is 259 g/mol. The molecule has 0 aromatic heterocycles. The molecular weight excluding hydrogens is 242 g/mol. The standard InChI is InChI=1S/C11H17NO6/c1-3-8(13)17-10(15)6-5-7(12)11(16)18-9(14)4-2/h7H,3-6,12H2,1-2H3/t7-/m0/s1. The van der Waals surface area contributed by atoms with Crippen molar-refractivity contribution >= 4 is 23.9 Å². The van der Waals surface area contributed by atoms with Gasteiger partial charge in [-0.3, -0.25) is 14.4 Å². The molecule has 18 heavy (non-hydrogen) atoms. The van der Waals surface area contributed by atoms with E-state index in [0.717, 1.165) is 0 Å². The predicted molar refractivity (Wildman–Crippen MR) is 60.0 cm³/mol. The van der Waals surface area contributed by atoms with Crippen LogP contribution in [0.25, 0.3) is 0 Å². The molecule has 0 heterocycles. The number of ether oxygens (including phenoxy) is 2. The van der Waals surface area contributed by atoms with Crippen molar-refractivity contribution in [1.29, 1.82) is 0 Å². The molecular formula is C11H17NO6. The molecule has 7 nitrogen and oxygen atoms in total. The second kappa shape index (κ2) is 8.35. The van der Waals surface area contributed by atoms with Gasteiger partial charge in [-0.15, -0.1) is 0 Å². The number of esters is 4. The van der Waals surface area contributed by atoms with Crippen LogP contribution < -0.4 is 5.73 Å². The van der Waals surface area contributed by atoms with Crippen LogP contribution in [-0.2, 0) is 28.7 Å². The van der Waals surface area contributed by atoms with Crippen molar-refractivity contribution in [2.75, 3.05) is 0 Å². The summed E-state index contributed by atoms with van der Waals surface area (Å²) in [6, 6.07) is -1.09. The summed E-state index contributed by atoms with van der Waals surface area (Å²) in [7, 11) is 0. The maximum Gasteiger partial charge on any atom is 0.330 e. The fourth-order valence-corrected chi connectivity index (χ4v) is 0.901. The van der Waals surface area contributed by atoms with Crippen molar-refractivity contribution in [3.63, 3.8) is 0 Å². The van der Waals surface area contributed by atoms with Crippen molar-refractivity contribution in [1.82, 2.24) is 0 Å². The van der Waals surface area contributed by atoms with E-state index in [9.17, 15) is 19.2 Å². The molecule has 1 atom stereocenters. The molecule has 0 bridgehead atoms. The van der Waals surface area contributed by atoms with E-state index in [1.807, 2.05) is 0 Å². The van der Waals surface area contributed by atoms with E-state index in [0.29, 0.717) is 0 Å². The molecule has 0 aromatic carbocycles. The van der Waals surface area contributed by atoms with Crippen LogP contribution in [0.1, 0.15) is 39.5 Å². The molecule has 0 aliphatic carbocycles. The van der Waals surface area contributed by atoms with E-state index < -0.39 is 29.9 Å². The van der Waals surface area contributed by atoms with Crippen LogP contribution >= 0.6 is 0 Å². The molecule has 0 spiro atoms. The van der Waals surface area contributed by atoms with Crippen LogP contribution in [-0.4, -0.2) is 29.9 Å². The molecule has 0 rings (SSSR count). The maximum atomic E-state index is 11.2. The first-order valence-electron chi connectivity index (χ1n) is 5.64. The summed E-state index contributed by atoms with van der Waals surface area (Å²) in [6.07, 6.45) is -0.0929. The first-order chi connectivity index (χ1) is 8.40. The topological polar surface area (TPSA) is 113 Å². The Hall–Kier alpha value is -1.76. The maximum absolute atomic E-state index is 11.2. The fraction of sp³-hybridized carbons (Fsp3) is 0.636. The van der Waals surface area contributed by atoms with Gasteiger partial charge in [0.2, 0.25) is 0 Å². The van der Waals surface area contributed by atoms with Crippen LogP contribution in [0.15, 0.2) is 0 Å². The quantitative estimate of drug-likeness (QED) is 0.529. The highest BCUT2D eigenvalue weighted by Gasteiger charge is 2.20. The lowest BCUT2D eigenvalue weighted by Gasteiger charge is -2.09. The lowest BCUT2D eigenvalue weighted by molar-refractivity contribution is -0.160. The minimum Gasteiger partial charge on any atom is -0.393 e. The zero-order valence-corrected chi connectivity index (χ0v) is 10.4. The Balaban J connectivity index is 3.98. The second-order valence-corrected chi connectivity index (χ2v) is 3.49. The lowest BCUT2D eigenvalue weighted by Crippen LogP contribution is -2.34. The summed E-state index contributed by atoms with van der Waals surface area (Å²) in [5.41, 5.74) is 5.41. The third kappa shape index (κ3) is 6.74. The summed E-state index contributed by atoms with van der Waals surface area (Å²) in [6.45, 7) is 3.09. The second-order valence-electron chi connectivity index (χ2n) is 3.49. The Morgan fingerprint density at radius 1 is 0.944 bits per heavy atom. The number of nitrogens with two attached hydrogens (primary N) is 1. The van der Waals surface area contributed by atoms with Gasteiger partial charge in [0.15, 0.2) is 0 Å². The monoisotopic (exact) mass is 259 g/mol. The van der Waals surface area contributed by atoms with E-state index in [-0.39, 0.29) is 25.7 Å². The van der Waals surface area contributed by atoms with Gasteiger partial charge in [0.1, 0.15) is 6.04 Å². The molecule has 0 amide bonds.